The van der Waals surface area contributed by atoms with Gasteiger partial charge in [0.1, 0.15) is 12.1 Å². The molecule has 1 unspecified atom stereocenters. The molecule has 0 bridgehead atoms. The molecule has 0 N–H and O–H groups in total. The zero-order valence-corrected chi connectivity index (χ0v) is 26.0. The SMILES string of the molecule is COC(=O)c1ccc(-c2cccc(-c3c(-c4cccc5nncn45)c4cc(F)ccc4n3S(=O)c3ccc(C(F)F)cc3)c2)c(Cl)c1. The van der Waals surface area contributed by atoms with Crippen molar-refractivity contribution in [2.24, 2.45) is 0 Å². The summed E-state index contributed by atoms with van der Waals surface area (Å²) >= 11 is 6.65. The van der Waals surface area contributed by atoms with Crippen LogP contribution in [0.1, 0.15) is 22.3 Å². The lowest BCUT2D eigenvalue weighted by molar-refractivity contribution is 0.0600. The first-order valence-electron chi connectivity index (χ1n) is 14.2. The van der Waals surface area contributed by atoms with E-state index in [9.17, 15) is 22.2 Å². The van der Waals surface area contributed by atoms with Crippen LogP contribution in [0.25, 0.3) is 50.2 Å². The van der Waals surface area contributed by atoms with Gasteiger partial charge in [0.2, 0.25) is 0 Å². The minimum absolute atomic E-state index is 0.201. The van der Waals surface area contributed by atoms with Crippen molar-refractivity contribution < 1.29 is 26.9 Å². The van der Waals surface area contributed by atoms with E-state index in [-0.39, 0.29) is 16.0 Å². The quantitative estimate of drug-likeness (QED) is 0.159. The molecule has 0 radical (unpaired) electrons. The van der Waals surface area contributed by atoms with Crippen molar-refractivity contribution in [2.75, 3.05) is 7.11 Å². The van der Waals surface area contributed by atoms with Crippen molar-refractivity contribution in [2.45, 2.75) is 11.3 Å². The number of hydrogen-bond acceptors (Lipinski definition) is 5. The van der Waals surface area contributed by atoms with Crippen LogP contribution in [0.5, 0.6) is 0 Å². The zero-order valence-electron chi connectivity index (χ0n) is 24.4. The van der Waals surface area contributed by atoms with Crippen LogP contribution in [0.3, 0.4) is 0 Å². The maximum Gasteiger partial charge on any atom is 0.337 e. The van der Waals surface area contributed by atoms with Crippen molar-refractivity contribution in [1.29, 1.82) is 0 Å². The van der Waals surface area contributed by atoms with Crippen LogP contribution < -0.4 is 0 Å². The summed E-state index contributed by atoms with van der Waals surface area (Å²) < 4.78 is 64.4. The van der Waals surface area contributed by atoms with E-state index in [0.717, 1.165) is 0 Å². The molecule has 0 amide bonds. The van der Waals surface area contributed by atoms with Crippen LogP contribution in [0.4, 0.5) is 13.2 Å². The number of ether oxygens (including phenoxy) is 1. The Hall–Kier alpha value is -5.26. The van der Waals surface area contributed by atoms with Crippen LogP contribution in [0, 0.1) is 5.82 Å². The summed E-state index contributed by atoms with van der Waals surface area (Å²) in [5.74, 6) is -1.03. The first-order valence-corrected chi connectivity index (χ1v) is 15.7. The van der Waals surface area contributed by atoms with E-state index in [0.29, 0.717) is 55.2 Å². The number of alkyl halides is 2. The summed E-state index contributed by atoms with van der Waals surface area (Å²) in [5.41, 5.74) is 4.61. The Morgan fingerprint density at radius 3 is 2.43 bits per heavy atom. The van der Waals surface area contributed by atoms with E-state index < -0.39 is 29.2 Å². The molecule has 0 fully saturated rings. The standard InChI is InChI=1S/C35H22ClF3N4O3S/c1-46-35(44)23-10-14-26(28(36)17-23)21-4-2-5-22(16-21)33-32(30-6-3-7-31-41-40-19-42(30)31)27-18-24(37)11-15-29(27)43(33)47(45)25-12-8-20(9-13-25)34(38)39/h2-19,34H,1H3. The Balaban J connectivity index is 1.52. The molecule has 3 heterocycles. The van der Waals surface area contributed by atoms with Gasteiger partial charge in [0.25, 0.3) is 6.43 Å². The number of esters is 1. The topological polar surface area (TPSA) is 78.5 Å². The number of nitrogens with zero attached hydrogens (tertiary/aromatic N) is 4. The third-order valence-corrected chi connectivity index (χ3v) is 9.51. The molecule has 7 rings (SSSR count). The van der Waals surface area contributed by atoms with E-state index in [1.807, 2.05) is 24.3 Å². The van der Waals surface area contributed by atoms with Gasteiger partial charge in [-0.15, -0.1) is 10.2 Å². The number of carbonyl (C=O) groups is 1. The molecule has 4 aromatic carbocycles. The smallest absolute Gasteiger partial charge is 0.337 e. The molecule has 0 aliphatic carbocycles. The second kappa shape index (κ2) is 12.2. The fourth-order valence-electron chi connectivity index (χ4n) is 5.64. The highest BCUT2D eigenvalue weighted by Gasteiger charge is 2.27. The lowest BCUT2D eigenvalue weighted by atomic mass is 9.97. The van der Waals surface area contributed by atoms with Gasteiger partial charge in [-0.3, -0.25) is 8.37 Å². The first kappa shape index (κ1) is 30.4. The number of pyridine rings is 1. The number of aromatic nitrogens is 4. The number of hydrogen-bond donors (Lipinski definition) is 0. The summed E-state index contributed by atoms with van der Waals surface area (Å²) in [4.78, 5) is 12.4. The van der Waals surface area contributed by atoms with Gasteiger partial charge in [-0.1, -0.05) is 54.1 Å². The number of benzene rings is 4. The molecule has 7 aromatic rings. The normalized spacial score (nSPS) is 12.2. The summed E-state index contributed by atoms with van der Waals surface area (Å²) in [7, 11) is -0.687. The fourth-order valence-corrected chi connectivity index (χ4v) is 7.21. The minimum atomic E-state index is -2.68. The van der Waals surface area contributed by atoms with Crippen LogP contribution in [-0.2, 0) is 15.7 Å². The summed E-state index contributed by atoms with van der Waals surface area (Å²) in [6.07, 6.45) is -1.15. The minimum Gasteiger partial charge on any atom is -0.465 e. The molecule has 234 valence electrons. The largest absolute Gasteiger partial charge is 0.465 e. The molecular weight excluding hydrogens is 649 g/mol. The van der Waals surface area contributed by atoms with E-state index in [4.69, 9.17) is 16.3 Å². The van der Waals surface area contributed by atoms with Crippen molar-refractivity contribution in [3.8, 4) is 33.6 Å². The van der Waals surface area contributed by atoms with Crippen molar-refractivity contribution in [3.05, 3.63) is 131 Å². The zero-order chi connectivity index (χ0) is 32.8. The molecule has 0 saturated carbocycles. The number of fused-ring (bicyclic) bond motifs is 2. The Kier molecular flexibility index (Phi) is 7.86. The van der Waals surface area contributed by atoms with Gasteiger partial charge in [0.05, 0.1) is 34.5 Å². The Labute approximate surface area is 273 Å². The fraction of sp³-hybridized carbons (Fsp3) is 0.0571. The highest BCUT2D eigenvalue weighted by molar-refractivity contribution is 7.83. The molecule has 7 nitrogen and oxygen atoms in total. The summed E-state index contributed by atoms with van der Waals surface area (Å²) in [6, 6.07) is 27.0. The molecule has 0 aliphatic heterocycles. The van der Waals surface area contributed by atoms with E-state index in [1.165, 1.54) is 55.9 Å². The molecule has 0 saturated heterocycles. The van der Waals surface area contributed by atoms with Crippen LogP contribution >= 0.6 is 11.6 Å². The predicted molar refractivity (Wildman–Crippen MR) is 174 cm³/mol. The van der Waals surface area contributed by atoms with Gasteiger partial charge in [0.15, 0.2) is 16.6 Å². The molecule has 1 atom stereocenters. The average Bonchev–Trinajstić information content (AvgIpc) is 3.70. The predicted octanol–water partition coefficient (Wildman–Crippen LogP) is 8.77. The highest BCUT2D eigenvalue weighted by Crippen LogP contribution is 2.44. The molecule has 0 spiro atoms. The maximum absolute atomic E-state index is 15.0. The summed E-state index contributed by atoms with van der Waals surface area (Å²) in [5, 5.41) is 8.99. The highest BCUT2D eigenvalue weighted by atomic mass is 35.5. The Morgan fingerprint density at radius 2 is 1.68 bits per heavy atom. The average molecular weight is 671 g/mol. The lowest BCUT2D eigenvalue weighted by Gasteiger charge is -2.15. The molecular formula is C35H22ClF3N4O3S. The van der Waals surface area contributed by atoms with Crippen LogP contribution in [0.2, 0.25) is 5.02 Å². The van der Waals surface area contributed by atoms with E-state index in [2.05, 4.69) is 10.2 Å². The number of halogens is 4. The van der Waals surface area contributed by atoms with Crippen molar-refractivity contribution in [1.82, 2.24) is 18.6 Å². The van der Waals surface area contributed by atoms with E-state index in [1.54, 1.807) is 44.8 Å². The van der Waals surface area contributed by atoms with Gasteiger partial charge in [-0.05, 0) is 66.2 Å². The Morgan fingerprint density at radius 1 is 0.915 bits per heavy atom. The molecule has 0 aliphatic rings. The van der Waals surface area contributed by atoms with Gasteiger partial charge < -0.3 is 4.74 Å². The maximum atomic E-state index is 15.0. The van der Waals surface area contributed by atoms with Crippen LogP contribution in [0.15, 0.2) is 114 Å². The monoisotopic (exact) mass is 670 g/mol. The lowest BCUT2D eigenvalue weighted by Crippen LogP contribution is -2.07. The van der Waals surface area contributed by atoms with Gasteiger partial charge in [-0.2, -0.15) is 0 Å². The Bertz CT molecular complexity index is 2360. The van der Waals surface area contributed by atoms with Crippen molar-refractivity contribution in [3.63, 3.8) is 0 Å². The summed E-state index contributed by atoms with van der Waals surface area (Å²) in [6.45, 7) is 0. The third kappa shape index (κ3) is 5.37. The first-order chi connectivity index (χ1) is 22.7. The second-order valence-corrected chi connectivity index (χ2v) is 12.3. The molecule has 3 aromatic heterocycles. The van der Waals surface area contributed by atoms with E-state index >= 15 is 0 Å². The van der Waals surface area contributed by atoms with Gasteiger partial charge >= 0.3 is 5.97 Å². The third-order valence-electron chi connectivity index (χ3n) is 7.81. The molecule has 47 heavy (non-hydrogen) atoms. The van der Waals surface area contributed by atoms with Crippen LogP contribution in [-0.4, -0.2) is 35.9 Å². The number of carbonyl (C=O) groups excluding carboxylic acids is 1. The van der Waals surface area contributed by atoms with Gasteiger partial charge in [0, 0.05) is 32.7 Å². The second-order valence-electron chi connectivity index (χ2n) is 10.5. The number of rotatable bonds is 7. The van der Waals surface area contributed by atoms with Crippen molar-refractivity contribution >= 4 is 45.1 Å². The number of methoxy groups -OCH3 is 1. The molecule has 12 heteroatoms. The van der Waals surface area contributed by atoms with Gasteiger partial charge in [-0.25, -0.2) is 22.2 Å².